The van der Waals surface area contributed by atoms with E-state index in [4.69, 9.17) is 10.00 Å². The van der Waals surface area contributed by atoms with Crippen LogP contribution in [0.3, 0.4) is 0 Å². The molecule has 0 aliphatic heterocycles. The van der Waals surface area contributed by atoms with E-state index in [1.807, 2.05) is 6.07 Å². The number of carbonyl (C=O) groups excluding carboxylic acids is 1. The van der Waals surface area contributed by atoms with Gasteiger partial charge in [0.1, 0.15) is 5.75 Å². The maximum absolute atomic E-state index is 12.0. The van der Waals surface area contributed by atoms with Crippen LogP contribution in [0, 0.1) is 23.2 Å². The van der Waals surface area contributed by atoms with Crippen molar-refractivity contribution < 1.29 is 9.53 Å². The van der Waals surface area contributed by atoms with Crippen molar-refractivity contribution in [3.05, 3.63) is 29.8 Å². The molecule has 1 saturated carbocycles. The van der Waals surface area contributed by atoms with Crippen molar-refractivity contribution >= 4 is 5.91 Å². The lowest BCUT2D eigenvalue weighted by Gasteiger charge is -2.34. The smallest absolute Gasteiger partial charge is 0.258 e. The molecule has 0 spiro atoms. The Balaban J connectivity index is 1.80. The van der Waals surface area contributed by atoms with E-state index in [1.165, 1.54) is 12.8 Å². The molecular weight excluding hydrogens is 264 g/mol. The summed E-state index contributed by atoms with van der Waals surface area (Å²) in [7, 11) is 0. The van der Waals surface area contributed by atoms with Gasteiger partial charge < -0.3 is 10.1 Å². The summed E-state index contributed by atoms with van der Waals surface area (Å²) < 4.78 is 5.45. The Bertz CT molecular complexity index is 519. The lowest BCUT2D eigenvalue weighted by Crippen LogP contribution is -2.45. The highest BCUT2D eigenvalue weighted by atomic mass is 16.5. The van der Waals surface area contributed by atoms with E-state index >= 15 is 0 Å². The van der Waals surface area contributed by atoms with E-state index in [9.17, 15) is 4.79 Å². The first-order chi connectivity index (χ1) is 10.1. The van der Waals surface area contributed by atoms with Crippen molar-refractivity contribution in [2.45, 2.75) is 39.2 Å². The largest absolute Gasteiger partial charge is 0.484 e. The normalized spacial score (nSPS) is 24.9. The fraction of sp³-hybridized carbons (Fsp3) is 0.529. The standard InChI is InChI=1S/C17H22N2O2/c1-12-4-3-5-16(13(12)2)19-17(20)11-21-15-8-6-14(10-18)7-9-15/h6-9,12-13,16H,3-5,11H2,1-2H3,(H,19,20)/t12-,13-,16+/m1/s1. The lowest BCUT2D eigenvalue weighted by molar-refractivity contribution is -0.124. The minimum absolute atomic E-state index is 0.0174. The Hall–Kier alpha value is -2.02. The Morgan fingerprint density at radius 1 is 1.33 bits per heavy atom. The van der Waals surface area contributed by atoms with Gasteiger partial charge in [-0.15, -0.1) is 0 Å². The summed E-state index contributed by atoms with van der Waals surface area (Å²) >= 11 is 0. The average molecular weight is 286 g/mol. The molecule has 1 fully saturated rings. The number of rotatable bonds is 4. The van der Waals surface area contributed by atoms with Crippen LogP contribution in [0.4, 0.5) is 0 Å². The van der Waals surface area contributed by atoms with Crippen LogP contribution >= 0.6 is 0 Å². The third-order valence-electron chi connectivity index (χ3n) is 4.41. The Morgan fingerprint density at radius 3 is 2.71 bits per heavy atom. The van der Waals surface area contributed by atoms with Crippen LogP contribution in [0.2, 0.25) is 0 Å². The average Bonchev–Trinajstić information content (AvgIpc) is 2.50. The molecular formula is C17H22N2O2. The minimum Gasteiger partial charge on any atom is -0.484 e. The zero-order valence-electron chi connectivity index (χ0n) is 12.6. The molecule has 4 heteroatoms. The highest BCUT2D eigenvalue weighted by Crippen LogP contribution is 2.29. The molecule has 0 unspecified atom stereocenters. The van der Waals surface area contributed by atoms with Crippen LogP contribution in [-0.2, 0) is 4.79 Å². The number of hydrogen-bond acceptors (Lipinski definition) is 3. The molecule has 1 aliphatic rings. The number of ether oxygens (including phenoxy) is 1. The predicted octanol–water partition coefficient (Wildman–Crippen LogP) is 2.88. The van der Waals surface area contributed by atoms with Gasteiger partial charge in [0.15, 0.2) is 6.61 Å². The van der Waals surface area contributed by atoms with Crippen molar-refractivity contribution in [2.75, 3.05) is 6.61 Å². The van der Waals surface area contributed by atoms with Crippen LogP contribution in [0.1, 0.15) is 38.7 Å². The summed E-state index contributed by atoms with van der Waals surface area (Å²) in [6.45, 7) is 4.47. The molecule has 3 atom stereocenters. The van der Waals surface area contributed by atoms with Gasteiger partial charge in [0, 0.05) is 6.04 Å². The Morgan fingerprint density at radius 2 is 2.05 bits per heavy atom. The molecule has 0 aromatic heterocycles. The van der Waals surface area contributed by atoms with Crippen molar-refractivity contribution in [1.82, 2.24) is 5.32 Å². The first-order valence-electron chi connectivity index (χ1n) is 7.52. The maximum Gasteiger partial charge on any atom is 0.258 e. The third-order valence-corrected chi connectivity index (χ3v) is 4.41. The SMILES string of the molecule is C[C@@H]1[C@H](C)CCC[C@@H]1NC(=O)COc1ccc(C#N)cc1. The molecule has 0 radical (unpaired) electrons. The van der Waals surface area contributed by atoms with Gasteiger partial charge in [-0.3, -0.25) is 4.79 Å². The third kappa shape index (κ3) is 4.22. The van der Waals surface area contributed by atoms with Gasteiger partial charge in [0.2, 0.25) is 0 Å². The molecule has 1 N–H and O–H groups in total. The second-order valence-electron chi connectivity index (χ2n) is 5.87. The van der Waals surface area contributed by atoms with Crippen molar-refractivity contribution in [1.29, 1.82) is 5.26 Å². The van der Waals surface area contributed by atoms with E-state index in [2.05, 4.69) is 19.2 Å². The predicted molar refractivity (Wildman–Crippen MR) is 80.8 cm³/mol. The van der Waals surface area contributed by atoms with E-state index in [-0.39, 0.29) is 18.6 Å². The fourth-order valence-corrected chi connectivity index (χ4v) is 2.81. The Kier molecular flexibility index (Phi) is 5.21. The first kappa shape index (κ1) is 15.4. The van der Waals surface area contributed by atoms with Crippen LogP contribution < -0.4 is 10.1 Å². The molecule has 112 valence electrons. The van der Waals surface area contributed by atoms with Crippen LogP contribution in [0.5, 0.6) is 5.75 Å². The summed E-state index contributed by atoms with van der Waals surface area (Å²) in [5.74, 6) is 1.70. The minimum atomic E-state index is -0.0784. The van der Waals surface area contributed by atoms with Gasteiger partial charge in [-0.2, -0.15) is 5.26 Å². The van der Waals surface area contributed by atoms with Gasteiger partial charge in [0.05, 0.1) is 11.6 Å². The number of benzene rings is 1. The van der Waals surface area contributed by atoms with Crippen LogP contribution in [-0.4, -0.2) is 18.6 Å². The second kappa shape index (κ2) is 7.12. The molecule has 0 bridgehead atoms. The molecule has 0 heterocycles. The number of carbonyl (C=O) groups is 1. The summed E-state index contributed by atoms with van der Waals surface area (Å²) in [4.78, 5) is 12.0. The number of nitrogens with zero attached hydrogens (tertiary/aromatic N) is 1. The van der Waals surface area contributed by atoms with E-state index < -0.39 is 0 Å². The van der Waals surface area contributed by atoms with E-state index in [1.54, 1.807) is 24.3 Å². The maximum atomic E-state index is 12.0. The number of nitriles is 1. The van der Waals surface area contributed by atoms with E-state index in [0.29, 0.717) is 23.1 Å². The van der Waals surface area contributed by atoms with Gasteiger partial charge in [0.25, 0.3) is 5.91 Å². The van der Waals surface area contributed by atoms with Crippen LogP contribution in [0.25, 0.3) is 0 Å². The van der Waals surface area contributed by atoms with E-state index in [0.717, 1.165) is 6.42 Å². The van der Waals surface area contributed by atoms with Crippen LogP contribution in [0.15, 0.2) is 24.3 Å². The van der Waals surface area contributed by atoms with Gasteiger partial charge in [-0.25, -0.2) is 0 Å². The number of hydrogen-bond donors (Lipinski definition) is 1. The monoisotopic (exact) mass is 286 g/mol. The first-order valence-corrected chi connectivity index (χ1v) is 7.52. The molecule has 1 aromatic rings. The molecule has 1 aromatic carbocycles. The number of amides is 1. The summed E-state index contributed by atoms with van der Waals surface area (Å²) in [6, 6.07) is 9.07. The molecule has 1 amide bonds. The number of nitrogens with one attached hydrogen (secondary N) is 1. The molecule has 4 nitrogen and oxygen atoms in total. The highest BCUT2D eigenvalue weighted by molar-refractivity contribution is 5.77. The topological polar surface area (TPSA) is 62.1 Å². The van der Waals surface area contributed by atoms with Gasteiger partial charge in [-0.05, 0) is 42.5 Å². The molecule has 2 rings (SSSR count). The highest BCUT2D eigenvalue weighted by Gasteiger charge is 2.28. The summed E-state index contributed by atoms with van der Waals surface area (Å²) in [5.41, 5.74) is 0.580. The zero-order chi connectivity index (χ0) is 15.2. The Labute approximate surface area is 126 Å². The fourth-order valence-electron chi connectivity index (χ4n) is 2.81. The second-order valence-corrected chi connectivity index (χ2v) is 5.87. The van der Waals surface area contributed by atoms with Gasteiger partial charge >= 0.3 is 0 Å². The van der Waals surface area contributed by atoms with Gasteiger partial charge in [-0.1, -0.05) is 26.7 Å². The molecule has 21 heavy (non-hydrogen) atoms. The summed E-state index contributed by atoms with van der Waals surface area (Å²) in [5, 5.41) is 11.8. The van der Waals surface area contributed by atoms with Crippen molar-refractivity contribution in [3.8, 4) is 11.8 Å². The summed E-state index contributed by atoms with van der Waals surface area (Å²) in [6.07, 6.45) is 3.47. The quantitative estimate of drug-likeness (QED) is 0.925. The van der Waals surface area contributed by atoms with Crippen molar-refractivity contribution in [2.24, 2.45) is 11.8 Å². The molecule has 1 aliphatic carbocycles. The van der Waals surface area contributed by atoms with Crippen molar-refractivity contribution in [3.63, 3.8) is 0 Å². The zero-order valence-corrected chi connectivity index (χ0v) is 12.6. The lowest BCUT2D eigenvalue weighted by atomic mass is 9.78. The molecule has 0 saturated heterocycles.